The van der Waals surface area contributed by atoms with E-state index >= 15 is 0 Å². The fourth-order valence-corrected chi connectivity index (χ4v) is 4.11. The summed E-state index contributed by atoms with van der Waals surface area (Å²) in [5, 5.41) is 11.2. The lowest BCUT2D eigenvalue weighted by Gasteiger charge is -2.27. The predicted molar refractivity (Wildman–Crippen MR) is 137 cm³/mol. The average molecular weight is 481 g/mol. The number of aliphatic hydroxyl groups is 1. The summed E-state index contributed by atoms with van der Waals surface area (Å²) in [5.74, 6) is -0.151. The zero-order valence-corrected chi connectivity index (χ0v) is 21.1. The van der Waals surface area contributed by atoms with E-state index in [9.17, 15) is 14.7 Å². The van der Waals surface area contributed by atoms with Crippen molar-refractivity contribution in [1.82, 2.24) is 9.80 Å². The van der Waals surface area contributed by atoms with E-state index in [-0.39, 0.29) is 11.3 Å². The first-order valence-corrected chi connectivity index (χ1v) is 12.3. The largest absolute Gasteiger partial charge is 0.507 e. The summed E-state index contributed by atoms with van der Waals surface area (Å²) in [7, 11) is 3.82. The van der Waals surface area contributed by atoms with Crippen molar-refractivity contribution in [3.05, 3.63) is 65.2 Å². The van der Waals surface area contributed by atoms with E-state index in [0.29, 0.717) is 48.9 Å². The lowest BCUT2D eigenvalue weighted by molar-refractivity contribution is -0.140. The van der Waals surface area contributed by atoms with Gasteiger partial charge in [0, 0.05) is 18.7 Å². The third kappa shape index (κ3) is 6.42. The highest BCUT2D eigenvalue weighted by atomic mass is 16.5. The molecule has 188 valence electrons. The Balaban J connectivity index is 1.98. The van der Waals surface area contributed by atoms with Crippen LogP contribution in [0.1, 0.15) is 50.3 Å². The van der Waals surface area contributed by atoms with Crippen LogP contribution in [-0.2, 0) is 9.59 Å². The predicted octanol–water partition coefficient (Wildman–Crippen LogP) is 4.64. The zero-order chi connectivity index (χ0) is 25.4. The lowest BCUT2D eigenvalue weighted by atomic mass is 9.95. The van der Waals surface area contributed by atoms with Crippen molar-refractivity contribution in [2.24, 2.45) is 0 Å². The van der Waals surface area contributed by atoms with Crippen LogP contribution in [0.4, 0.5) is 0 Å². The molecule has 0 aliphatic carbocycles. The number of ether oxygens (including phenoxy) is 2. The van der Waals surface area contributed by atoms with Crippen molar-refractivity contribution < 1.29 is 24.2 Å². The maximum absolute atomic E-state index is 13.2. The molecular weight excluding hydrogens is 444 g/mol. The number of ketones is 1. The number of hydrogen-bond acceptors (Lipinski definition) is 6. The molecule has 35 heavy (non-hydrogen) atoms. The highest BCUT2D eigenvalue weighted by molar-refractivity contribution is 6.46. The number of hydrogen-bond donors (Lipinski definition) is 1. The van der Waals surface area contributed by atoms with E-state index in [1.54, 1.807) is 24.3 Å². The van der Waals surface area contributed by atoms with Gasteiger partial charge in [0.2, 0.25) is 0 Å². The standard InChI is InChI=1S/C28H36N2O5/c1-5-7-8-18-35-22-14-12-20(13-15-22)26(31)24-25(21-10-9-11-23(19-21)34-6-2)30(17-16-29(3)4)28(33)27(24)32/h9-15,19,25,31H,5-8,16-18H2,1-4H3/b26-24-. The first-order chi connectivity index (χ1) is 16.9. The molecule has 1 atom stereocenters. The molecule has 1 unspecified atom stereocenters. The van der Waals surface area contributed by atoms with E-state index in [1.165, 1.54) is 4.90 Å². The van der Waals surface area contributed by atoms with Crippen LogP contribution in [0.5, 0.6) is 11.5 Å². The van der Waals surface area contributed by atoms with Gasteiger partial charge in [-0.3, -0.25) is 9.59 Å². The number of likely N-dealkylation sites (tertiary alicyclic amines) is 1. The van der Waals surface area contributed by atoms with E-state index in [0.717, 1.165) is 19.3 Å². The van der Waals surface area contributed by atoms with Gasteiger partial charge in [-0.15, -0.1) is 0 Å². The van der Waals surface area contributed by atoms with Gasteiger partial charge in [0.15, 0.2) is 0 Å². The second-order valence-corrected chi connectivity index (χ2v) is 8.88. The van der Waals surface area contributed by atoms with Gasteiger partial charge in [-0.2, -0.15) is 0 Å². The summed E-state index contributed by atoms with van der Waals surface area (Å²) in [6.45, 7) is 6.10. The summed E-state index contributed by atoms with van der Waals surface area (Å²) in [4.78, 5) is 29.7. The molecule has 7 heteroatoms. The maximum atomic E-state index is 13.2. The van der Waals surface area contributed by atoms with Crippen LogP contribution in [-0.4, -0.2) is 67.0 Å². The average Bonchev–Trinajstić information content (AvgIpc) is 3.10. The minimum Gasteiger partial charge on any atom is -0.507 e. The molecule has 1 fully saturated rings. The Morgan fingerprint density at radius 1 is 1.00 bits per heavy atom. The molecule has 0 aromatic heterocycles. The quantitative estimate of drug-likeness (QED) is 0.206. The number of carbonyl (C=O) groups is 2. The van der Waals surface area contributed by atoms with E-state index in [2.05, 4.69) is 6.92 Å². The highest BCUT2D eigenvalue weighted by Crippen LogP contribution is 2.40. The fraction of sp³-hybridized carbons (Fsp3) is 0.429. The Labute approximate surface area is 207 Å². The molecule has 0 saturated carbocycles. The Morgan fingerprint density at radius 2 is 1.74 bits per heavy atom. The van der Waals surface area contributed by atoms with Crippen molar-refractivity contribution in [3.63, 3.8) is 0 Å². The number of unbranched alkanes of at least 4 members (excludes halogenated alkanes) is 2. The molecule has 3 rings (SSSR count). The molecule has 7 nitrogen and oxygen atoms in total. The molecule has 1 saturated heterocycles. The summed E-state index contributed by atoms with van der Waals surface area (Å²) in [6.07, 6.45) is 3.21. The molecule has 0 spiro atoms. The van der Waals surface area contributed by atoms with Crippen LogP contribution in [0.25, 0.3) is 5.76 Å². The number of Topliss-reactive ketones (excluding diaryl/α,β-unsaturated/α-hetero) is 1. The molecule has 2 aromatic rings. The van der Waals surface area contributed by atoms with Gasteiger partial charge in [-0.05, 0) is 69.4 Å². The number of aliphatic hydroxyl groups excluding tert-OH is 1. The van der Waals surface area contributed by atoms with Crippen LogP contribution in [0.3, 0.4) is 0 Å². The molecule has 1 aliphatic heterocycles. The third-order valence-electron chi connectivity index (χ3n) is 5.96. The summed E-state index contributed by atoms with van der Waals surface area (Å²) in [6, 6.07) is 13.6. The minimum absolute atomic E-state index is 0.0824. The van der Waals surface area contributed by atoms with Crippen molar-refractivity contribution >= 4 is 17.4 Å². The maximum Gasteiger partial charge on any atom is 0.295 e. The third-order valence-corrected chi connectivity index (χ3v) is 5.96. The molecular formula is C28H36N2O5. The summed E-state index contributed by atoms with van der Waals surface area (Å²) in [5.41, 5.74) is 1.26. The minimum atomic E-state index is -0.708. The van der Waals surface area contributed by atoms with Crippen LogP contribution in [0.15, 0.2) is 54.1 Å². The van der Waals surface area contributed by atoms with Gasteiger partial charge in [-0.25, -0.2) is 0 Å². The number of nitrogens with zero attached hydrogens (tertiary/aromatic N) is 2. The number of benzene rings is 2. The second-order valence-electron chi connectivity index (χ2n) is 8.88. The summed E-state index contributed by atoms with van der Waals surface area (Å²) < 4.78 is 11.4. The molecule has 2 aromatic carbocycles. The molecule has 1 amide bonds. The number of likely N-dealkylation sites (N-methyl/N-ethyl adjacent to an activating group) is 1. The normalized spacial score (nSPS) is 17.3. The Hall–Kier alpha value is -3.32. The highest BCUT2D eigenvalue weighted by Gasteiger charge is 2.46. The molecule has 1 N–H and O–H groups in total. The van der Waals surface area contributed by atoms with Crippen molar-refractivity contribution in [3.8, 4) is 11.5 Å². The van der Waals surface area contributed by atoms with Gasteiger partial charge in [0.1, 0.15) is 17.3 Å². The van der Waals surface area contributed by atoms with Crippen LogP contribution >= 0.6 is 0 Å². The number of rotatable bonds is 12. The number of amides is 1. The van der Waals surface area contributed by atoms with Gasteiger partial charge >= 0.3 is 0 Å². The molecule has 1 aliphatic rings. The first kappa shape index (κ1) is 26.3. The molecule has 1 heterocycles. The molecule has 0 radical (unpaired) electrons. The second kappa shape index (κ2) is 12.4. The zero-order valence-electron chi connectivity index (χ0n) is 21.1. The topological polar surface area (TPSA) is 79.3 Å². The van der Waals surface area contributed by atoms with Gasteiger partial charge in [-0.1, -0.05) is 31.9 Å². The lowest BCUT2D eigenvalue weighted by Crippen LogP contribution is -2.35. The SMILES string of the molecule is CCCCCOc1ccc(/C(O)=C2/C(=O)C(=O)N(CCN(C)C)C2c2cccc(OCC)c2)cc1. The summed E-state index contributed by atoms with van der Waals surface area (Å²) >= 11 is 0. The van der Waals surface area contributed by atoms with Crippen molar-refractivity contribution in [2.45, 2.75) is 39.2 Å². The van der Waals surface area contributed by atoms with Gasteiger partial charge in [0.05, 0.1) is 24.8 Å². The van der Waals surface area contributed by atoms with Gasteiger partial charge < -0.3 is 24.4 Å². The smallest absolute Gasteiger partial charge is 0.295 e. The fourth-order valence-electron chi connectivity index (χ4n) is 4.11. The molecule has 0 bridgehead atoms. The number of carbonyl (C=O) groups excluding carboxylic acids is 2. The van der Waals surface area contributed by atoms with Crippen molar-refractivity contribution in [1.29, 1.82) is 0 Å². The van der Waals surface area contributed by atoms with Crippen LogP contribution in [0, 0.1) is 0 Å². The Bertz CT molecular complexity index is 1050. The van der Waals surface area contributed by atoms with Gasteiger partial charge in [0.25, 0.3) is 11.7 Å². The van der Waals surface area contributed by atoms with E-state index < -0.39 is 17.7 Å². The van der Waals surface area contributed by atoms with E-state index in [4.69, 9.17) is 9.47 Å². The van der Waals surface area contributed by atoms with Crippen LogP contribution < -0.4 is 9.47 Å². The Kier molecular flexibility index (Phi) is 9.32. The monoisotopic (exact) mass is 480 g/mol. The first-order valence-electron chi connectivity index (χ1n) is 12.3. The van der Waals surface area contributed by atoms with Crippen molar-refractivity contribution in [2.75, 3.05) is 40.4 Å². The van der Waals surface area contributed by atoms with Crippen LogP contribution in [0.2, 0.25) is 0 Å². The Morgan fingerprint density at radius 3 is 2.40 bits per heavy atom. The van der Waals surface area contributed by atoms with E-state index in [1.807, 2.05) is 50.2 Å².